The van der Waals surface area contributed by atoms with Crippen molar-refractivity contribution in [1.29, 1.82) is 0 Å². The Morgan fingerprint density at radius 1 is 1.35 bits per heavy atom. The molecule has 0 aromatic rings. The summed E-state index contributed by atoms with van der Waals surface area (Å²) in [5.74, 6) is -1.44. The fourth-order valence-electron chi connectivity index (χ4n) is 2.49. The lowest BCUT2D eigenvalue weighted by Gasteiger charge is -2.22. The Balaban J connectivity index is 2.58. The Bertz CT molecular complexity index is 267. The van der Waals surface area contributed by atoms with Crippen LogP contribution in [0.15, 0.2) is 4.99 Å². The van der Waals surface area contributed by atoms with E-state index in [0.717, 1.165) is 31.4 Å². The van der Waals surface area contributed by atoms with E-state index < -0.39 is 11.9 Å². The van der Waals surface area contributed by atoms with Crippen LogP contribution in [-0.2, 0) is 4.79 Å². The van der Waals surface area contributed by atoms with Crippen LogP contribution in [0.2, 0.25) is 0 Å². The number of nitrogens with zero attached hydrogens (tertiary/aromatic N) is 1. The van der Waals surface area contributed by atoms with E-state index in [1.54, 1.807) is 0 Å². The summed E-state index contributed by atoms with van der Waals surface area (Å²) >= 11 is 0. The summed E-state index contributed by atoms with van der Waals surface area (Å²) in [4.78, 5) is 15.7. The molecule has 0 bridgehead atoms. The van der Waals surface area contributed by atoms with E-state index in [4.69, 9.17) is 0 Å². The molecule has 1 unspecified atom stereocenters. The highest BCUT2D eigenvalue weighted by Gasteiger charge is 2.17. The number of hydrogen-bond donors (Lipinski definition) is 0. The van der Waals surface area contributed by atoms with Gasteiger partial charge in [0.25, 0.3) is 0 Å². The van der Waals surface area contributed by atoms with Gasteiger partial charge in [-0.25, -0.2) is 0 Å². The van der Waals surface area contributed by atoms with E-state index >= 15 is 0 Å². The second kappa shape index (κ2) is 7.46. The van der Waals surface area contributed by atoms with Crippen LogP contribution in [0.25, 0.3) is 0 Å². The van der Waals surface area contributed by atoms with E-state index in [-0.39, 0.29) is 0 Å². The molecule has 0 aromatic carbocycles. The number of aliphatic imine (C=N–C) groups is 1. The molecule has 3 nitrogen and oxygen atoms in total. The van der Waals surface area contributed by atoms with Crippen LogP contribution in [-0.4, -0.2) is 17.7 Å². The number of carbonyl (C=O) groups is 1. The van der Waals surface area contributed by atoms with Gasteiger partial charge in [-0.3, -0.25) is 4.99 Å². The summed E-state index contributed by atoms with van der Waals surface area (Å²) in [7, 11) is 0. The largest absolute Gasteiger partial charge is 0.549 e. The third kappa shape index (κ3) is 4.88. The first kappa shape index (κ1) is 14.2. The second-order valence-electron chi connectivity index (χ2n) is 5.08. The first-order chi connectivity index (χ1) is 8.15. The smallest absolute Gasteiger partial charge is 0.0501 e. The predicted octanol–water partition coefficient (Wildman–Crippen LogP) is 2.34. The van der Waals surface area contributed by atoms with Gasteiger partial charge in [0.05, 0.1) is 5.97 Å². The van der Waals surface area contributed by atoms with Crippen molar-refractivity contribution in [3.63, 3.8) is 0 Å². The maximum Gasteiger partial charge on any atom is 0.0501 e. The first-order valence-corrected chi connectivity index (χ1v) is 6.90. The van der Waals surface area contributed by atoms with Gasteiger partial charge in [-0.05, 0) is 26.2 Å². The summed E-state index contributed by atoms with van der Waals surface area (Å²) in [5.41, 5.74) is 0.769. The van der Waals surface area contributed by atoms with Gasteiger partial charge in [0.15, 0.2) is 0 Å². The molecule has 1 aliphatic carbocycles. The van der Waals surface area contributed by atoms with Gasteiger partial charge in [0, 0.05) is 17.7 Å². The minimum atomic E-state index is -0.962. The molecule has 0 amide bonds. The van der Waals surface area contributed by atoms with Gasteiger partial charge < -0.3 is 9.90 Å². The number of carbonyl (C=O) groups excluding carboxylic acids is 1. The molecule has 1 rings (SSSR count). The molecule has 98 valence electrons. The predicted molar refractivity (Wildman–Crippen MR) is 68.0 cm³/mol. The molecule has 3 heteroatoms. The molecule has 17 heavy (non-hydrogen) atoms. The number of carboxylic acid groups (broad SMARTS) is 1. The summed E-state index contributed by atoms with van der Waals surface area (Å²) in [6.45, 7) is 3.92. The lowest BCUT2D eigenvalue weighted by molar-refractivity contribution is -0.309. The third-order valence-corrected chi connectivity index (χ3v) is 3.60. The van der Waals surface area contributed by atoms with Crippen LogP contribution < -0.4 is 5.11 Å². The van der Waals surface area contributed by atoms with E-state index in [1.165, 1.54) is 19.3 Å². The lowest BCUT2D eigenvalue weighted by Crippen LogP contribution is -2.36. The number of aliphatic carboxylic acids is 1. The molecule has 1 fully saturated rings. The third-order valence-electron chi connectivity index (χ3n) is 3.60. The summed E-state index contributed by atoms with van der Waals surface area (Å²) in [5, 5.41) is 11.1. The van der Waals surface area contributed by atoms with Gasteiger partial charge in [-0.15, -0.1) is 0 Å². The normalized spacial score (nSPS) is 20.2. The van der Waals surface area contributed by atoms with Crippen molar-refractivity contribution in [1.82, 2.24) is 0 Å². The highest BCUT2D eigenvalue weighted by Crippen LogP contribution is 2.21. The Morgan fingerprint density at radius 3 is 2.53 bits per heavy atom. The van der Waals surface area contributed by atoms with Crippen LogP contribution in [0.5, 0.6) is 0 Å². The molecule has 0 spiro atoms. The summed E-state index contributed by atoms with van der Waals surface area (Å²) < 4.78 is 0. The average molecular weight is 238 g/mol. The van der Waals surface area contributed by atoms with Crippen LogP contribution in [0, 0.1) is 5.92 Å². The van der Waals surface area contributed by atoms with E-state index in [2.05, 4.69) is 11.9 Å². The van der Waals surface area contributed by atoms with Crippen LogP contribution in [0.1, 0.15) is 65.2 Å². The van der Waals surface area contributed by atoms with Gasteiger partial charge in [-0.1, -0.05) is 39.0 Å². The number of unbranched alkanes of at least 4 members (excludes halogenated alkanes) is 1. The number of rotatable bonds is 6. The Hall–Kier alpha value is -0.860. The van der Waals surface area contributed by atoms with Crippen LogP contribution in [0.4, 0.5) is 0 Å². The molecule has 1 saturated carbocycles. The van der Waals surface area contributed by atoms with Crippen molar-refractivity contribution in [2.75, 3.05) is 0 Å². The monoisotopic (exact) mass is 238 g/mol. The van der Waals surface area contributed by atoms with Crippen molar-refractivity contribution < 1.29 is 9.90 Å². The first-order valence-electron chi connectivity index (χ1n) is 6.90. The molecular weight excluding hydrogens is 214 g/mol. The molecule has 1 atom stereocenters. The van der Waals surface area contributed by atoms with Gasteiger partial charge in [0.1, 0.15) is 0 Å². The molecule has 0 aromatic heterocycles. The quantitative estimate of drug-likeness (QED) is 0.667. The molecular formula is C14H24NO2-. The van der Waals surface area contributed by atoms with Gasteiger partial charge >= 0.3 is 0 Å². The molecule has 0 saturated heterocycles. The SMILES string of the molecule is CCCCC(C(=O)[O-])C(C)=NC1CCCCC1. The minimum absolute atomic E-state index is 0.354. The summed E-state index contributed by atoms with van der Waals surface area (Å²) in [6.07, 6.45) is 8.59. The summed E-state index contributed by atoms with van der Waals surface area (Å²) in [6, 6.07) is 0.354. The second-order valence-corrected chi connectivity index (χ2v) is 5.08. The highest BCUT2D eigenvalue weighted by atomic mass is 16.4. The Labute approximate surface area is 104 Å². The van der Waals surface area contributed by atoms with E-state index in [0.29, 0.717) is 12.5 Å². The average Bonchev–Trinajstić information content (AvgIpc) is 2.30. The lowest BCUT2D eigenvalue weighted by atomic mass is 9.94. The minimum Gasteiger partial charge on any atom is -0.549 e. The number of hydrogen-bond acceptors (Lipinski definition) is 3. The topological polar surface area (TPSA) is 52.5 Å². The standard InChI is InChI=1S/C14H25NO2/c1-3-4-10-13(14(16)17)11(2)15-12-8-6-5-7-9-12/h12-13H,3-10H2,1-2H3,(H,16,17)/p-1. The highest BCUT2D eigenvalue weighted by molar-refractivity contribution is 5.99. The molecule has 1 aliphatic rings. The van der Waals surface area contributed by atoms with Crippen LogP contribution >= 0.6 is 0 Å². The van der Waals surface area contributed by atoms with Crippen molar-refractivity contribution in [2.45, 2.75) is 71.3 Å². The number of carboxylic acids is 1. The zero-order valence-corrected chi connectivity index (χ0v) is 11.1. The molecule has 0 radical (unpaired) electrons. The van der Waals surface area contributed by atoms with Gasteiger partial charge in [-0.2, -0.15) is 0 Å². The van der Waals surface area contributed by atoms with E-state index in [1.807, 2.05) is 6.92 Å². The Kier molecular flexibility index (Phi) is 6.23. The van der Waals surface area contributed by atoms with E-state index in [9.17, 15) is 9.90 Å². The maximum absolute atomic E-state index is 11.1. The maximum atomic E-state index is 11.1. The Morgan fingerprint density at radius 2 is 2.00 bits per heavy atom. The van der Waals surface area contributed by atoms with Crippen molar-refractivity contribution in [2.24, 2.45) is 10.9 Å². The van der Waals surface area contributed by atoms with Crippen LogP contribution in [0.3, 0.4) is 0 Å². The molecule has 0 heterocycles. The van der Waals surface area contributed by atoms with Crippen molar-refractivity contribution in [3.05, 3.63) is 0 Å². The van der Waals surface area contributed by atoms with Crippen molar-refractivity contribution in [3.8, 4) is 0 Å². The fraction of sp³-hybridized carbons (Fsp3) is 0.857. The molecule has 0 N–H and O–H groups in total. The fourth-order valence-corrected chi connectivity index (χ4v) is 2.49. The zero-order chi connectivity index (χ0) is 12.7. The van der Waals surface area contributed by atoms with Crippen molar-refractivity contribution >= 4 is 11.7 Å². The molecule has 0 aliphatic heterocycles. The van der Waals surface area contributed by atoms with Gasteiger partial charge in [0.2, 0.25) is 0 Å². The zero-order valence-electron chi connectivity index (χ0n) is 11.1.